The number of nitrogens with one attached hydrogen (secondary N) is 1. The van der Waals surface area contributed by atoms with Gasteiger partial charge in [0.2, 0.25) is 0 Å². The van der Waals surface area contributed by atoms with Crippen LogP contribution in [0.5, 0.6) is 0 Å². The summed E-state index contributed by atoms with van der Waals surface area (Å²) in [6.45, 7) is 2.09. The van der Waals surface area contributed by atoms with Crippen molar-refractivity contribution < 1.29 is 14.3 Å². The molecule has 0 aromatic heterocycles. The molecule has 2 aliphatic rings. The second-order valence-electron chi connectivity index (χ2n) is 12.6. The van der Waals surface area contributed by atoms with Gasteiger partial charge < -0.3 is 10.1 Å². The summed E-state index contributed by atoms with van der Waals surface area (Å²) in [6, 6.07) is 12.3. The van der Waals surface area contributed by atoms with Gasteiger partial charge in [-0.2, -0.15) is 11.8 Å². The molecule has 0 radical (unpaired) electrons. The van der Waals surface area contributed by atoms with Crippen molar-refractivity contribution in [2.24, 2.45) is 11.8 Å². The standard InChI is InChI=1S/C35H50NO3PS2/c1-26-12-10-11-17-30(26)32-22-29(18-19-31(32)34(37)36-33(20-21-42-3)35(38)39-2)25-40(41,23-27-13-6-4-7-14-27)24-28-15-8-5-9-16-28/h10-12,17-19,22,27-28,33H,4-9,13-16,20-21,23-25H2,1-3H3,(H,36,37)/t33-/m0/s1. The second-order valence-corrected chi connectivity index (χ2v) is 19.1. The van der Waals surface area contributed by atoms with Gasteiger partial charge in [-0.25, -0.2) is 4.79 Å². The zero-order chi connectivity index (χ0) is 30.0. The molecule has 230 valence electrons. The van der Waals surface area contributed by atoms with E-state index in [9.17, 15) is 9.59 Å². The van der Waals surface area contributed by atoms with Crippen LogP contribution in [0.25, 0.3) is 11.1 Å². The Labute approximate surface area is 263 Å². The lowest BCUT2D eigenvalue weighted by Gasteiger charge is -2.34. The Morgan fingerprint density at radius 1 is 0.952 bits per heavy atom. The third kappa shape index (κ3) is 9.44. The molecule has 1 atom stereocenters. The highest BCUT2D eigenvalue weighted by molar-refractivity contribution is 8.14. The Kier molecular flexibility index (Phi) is 13.0. The fourth-order valence-electron chi connectivity index (χ4n) is 7.07. The van der Waals surface area contributed by atoms with Crippen molar-refractivity contribution in [3.63, 3.8) is 0 Å². The number of thioether (sulfide) groups is 1. The number of rotatable bonds is 13. The van der Waals surface area contributed by atoms with Gasteiger partial charge >= 0.3 is 5.97 Å². The molecule has 0 unspecified atom stereocenters. The number of methoxy groups -OCH3 is 1. The quantitative estimate of drug-likeness (QED) is 0.178. The van der Waals surface area contributed by atoms with Crippen LogP contribution in [0.2, 0.25) is 0 Å². The zero-order valence-corrected chi connectivity index (χ0v) is 28.4. The number of carbonyl (C=O) groups is 2. The highest BCUT2D eigenvalue weighted by Crippen LogP contribution is 2.55. The third-order valence-electron chi connectivity index (χ3n) is 9.27. The van der Waals surface area contributed by atoms with Gasteiger partial charge in [0.25, 0.3) is 5.91 Å². The van der Waals surface area contributed by atoms with Crippen LogP contribution in [-0.4, -0.2) is 49.4 Å². The van der Waals surface area contributed by atoms with Crippen LogP contribution in [-0.2, 0) is 27.5 Å². The molecular weight excluding hydrogens is 577 g/mol. The van der Waals surface area contributed by atoms with Crippen LogP contribution in [0.1, 0.15) is 92.1 Å². The Bertz CT molecular complexity index is 1210. The van der Waals surface area contributed by atoms with E-state index in [4.69, 9.17) is 16.5 Å². The average Bonchev–Trinajstić information content (AvgIpc) is 2.99. The minimum absolute atomic E-state index is 0.236. The molecule has 0 spiro atoms. The van der Waals surface area contributed by atoms with Gasteiger partial charge in [-0.1, -0.05) is 106 Å². The van der Waals surface area contributed by atoms with E-state index < -0.39 is 18.0 Å². The first kappa shape index (κ1) is 33.3. The van der Waals surface area contributed by atoms with Crippen LogP contribution < -0.4 is 5.32 Å². The molecule has 1 amide bonds. The highest BCUT2D eigenvalue weighted by atomic mass is 32.4. The first-order chi connectivity index (χ1) is 20.3. The molecule has 4 rings (SSSR count). The summed E-state index contributed by atoms with van der Waals surface area (Å²) in [6.07, 6.45) is 19.5. The van der Waals surface area contributed by atoms with Crippen LogP contribution in [0.15, 0.2) is 42.5 Å². The van der Waals surface area contributed by atoms with Gasteiger partial charge in [-0.15, -0.1) is 0 Å². The normalized spacial score (nSPS) is 17.5. The van der Waals surface area contributed by atoms with Crippen molar-refractivity contribution in [1.29, 1.82) is 0 Å². The maximum Gasteiger partial charge on any atom is 0.328 e. The van der Waals surface area contributed by atoms with Gasteiger partial charge in [0.1, 0.15) is 6.04 Å². The summed E-state index contributed by atoms with van der Waals surface area (Å²) in [5.41, 5.74) is 4.95. The van der Waals surface area contributed by atoms with Crippen LogP contribution in [0.3, 0.4) is 0 Å². The first-order valence-electron chi connectivity index (χ1n) is 16.0. The average molecular weight is 628 g/mol. The van der Waals surface area contributed by atoms with Gasteiger partial charge in [-0.3, -0.25) is 4.79 Å². The molecule has 1 N–H and O–H groups in total. The summed E-state index contributed by atoms with van der Waals surface area (Å²) >= 11 is 8.38. The molecule has 0 bridgehead atoms. The summed E-state index contributed by atoms with van der Waals surface area (Å²) < 4.78 is 5.01. The molecule has 2 aromatic rings. The van der Waals surface area contributed by atoms with Crippen molar-refractivity contribution in [2.75, 3.05) is 31.4 Å². The molecule has 0 saturated heterocycles. The second kappa shape index (κ2) is 16.5. The summed E-state index contributed by atoms with van der Waals surface area (Å²) in [4.78, 5) is 26.2. The molecule has 42 heavy (non-hydrogen) atoms. The predicted molar refractivity (Wildman–Crippen MR) is 184 cm³/mol. The molecule has 0 aliphatic heterocycles. The van der Waals surface area contributed by atoms with E-state index in [1.807, 2.05) is 24.5 Å². The van der Waals surface area contributed by atoms with E-state index in [2.05, 4.69) is 36.5 Å². The minimum Gasteiger partial charge on any atom is -0.467 e. The van der Waals surface area contributed by atoms with Crippen molar-refractivity contribution in [1.82, 2.24) is 5.32 Å². The number of aryl methyl sites for hydroxylation is 1. The largest absolute Gasteiger partial charge is 0.467 e. The zero-order valence-electron chi connectivity index (χ0n) is 25.9. The van der Waals surface area contributed by atoms with E-state index in [0.717, 1.165) is 40.4 Å². The lowest BCUT2D eigenvalue weighted by Crippen LogP contribution is -2.42. The van der Waals surface area contributed by atoms with Crippen LogP contribution in [0, 0.1) is 18.8 Å². The molecule has 2 aliphatic carbocycles. The summed E-state index contributed by atoms with van der Waals surface area (Å²) in [7, 11) is 1.37. The number of carbonyl (C=O) groups excluding carboxylic acids is 2. The molecule has 2 saturated carbocycles. The Morgan fingerprint density at radius 2 is 1.57 bits per heavy atom. The SMILES string of the molecule is COC(=O)[C@H](CCSC)NC(=O)c1ccc(CP(=S)(CC2CCCCC2)CC2CCCCC2)cc1-c1ccccc1C. The van der Waals surface area contributed by atoms with E-state index in [1.165, 1.54) is 89.2 Å². The van der Waals surface area contributed by atoms with Gasteiger partial charge in [0, 0.05) is 11.7 Å². The fraction of sp³-hybridized carbons (Fsp3) is 0.600. The predicted octanol–water partition coefficient (Wildman–Crippen LogP) is 8.83. The lowest BCUT2D eigenvalue weighted by atomic mass is 9.91. The van der Waals surface area contributed by atoms with Crippen LogP contribution in [0.4, 0.5) is 0 Å². The van der Waals surface area contributed by atoms with Crippen molar-refractivity contribution in [2.45, 2.75) is 89.8 Å². The van der Waals surface area contributed by atoms with Gasteiger partial charge in [0.15, 0.2) is 0 Å². The number of hydrogen-bond acceptors (Lipinski definition) is 5. The van der Waals surface area contributed by atoms with Crippen molar-refractivity contribution in [3.05, 3.63) is 59.2 Å². The Morgan fingerprint density at radius 3 is 2.14 bits per heavy atom. The molecule has 7 heteroatoms. The Balaban J connectivity index is 1.66. The van der Waals surface area contributed by atoms with Gasteiger partial charge in [-0.05, 0) is 89.9 Å². The first-order valence-corrected chi connectivity index (χ1v) is 20.7. The third-order valence-corrected chi connectivity index (χ3v) is 14.5. The van der Waals surface area contributed by atoms with Crippen LogP contribution >= 0.6 is 17.8 Å². The smallest absolute Gasteiger partial charge is 0.328 e. The summed E-state index contributed by atoms with van der Waals surface area (Å²) in [5.74, 6) is 1.69. The molecule has 2 aromatic carbocycles. The number of esters is 1. The van der Waals surface area contributed by atoms with Crippen molar-refractivity contribution >= 4 is 41.5 Å². The topological polar surface area (TPSA) is 55.4 Å². The van der Waals surface area contributed by atoms with E-state index in [0.29, 0.717) is 12.0 Å². The number of ether oxygens (including phenoxy) is 1. The van der Waals surface area contributed by atoms with E-state index in [1.54, 1.807) is 11.8 Å². The number of benzene rings is 2. The maximum atomic E-state index is 13.7. The molecule has 4 nitrogen and oxygen atoms in total. The molecular formula is C35H50NO3PS2. The van der Waals surface area contributed by atoms with E-state index >= 15 is 0 Å². The van der Waals surface area contributed by atoms with Crippen molar-refractivity contribution in [3.8, 4) is 11.1 Å². The number of amides is 1. The molecule has 0 heterocycles. The monoisotopic (exact) mass is 627 g/mol. The highest BCUT2D eigenvalue weighted by Gasteiger charge is 2.29. The van der Waals surface area contributed by atoms with E-state index in [-0.39, 0.29) is 5.91 Å². The molecule has 2 fully saturated rings. The lowest BCUT2D eigenvalue weighted by molar-refractivity contribution is -0.142. The number of hydrogen-bond donors (Lipinski definition) is 1. The van der Waals surface area contributed by atoms with Gasteiger partial charge in [0.05, 0.1) is 7.11 Å². The Hall–Kier alpha value is -1.62. The fourth-order valence-corrected chi connectivity index (χ4v) is 13.1. The minimum atomic E-state index is -1.62. The maximum absolute atomic E-state index is 13.7. The summed E-state index contributed by atoms with van der Waals surface area (Å²) in [5, 5.41) is 2.98.